The van der Waals surface area contributed by atoms with Gasteiger partial charge in [-0.1, -0.05) is 0 Å². The summed E-state index contributed by atoms with van der Waals surface area (Å²) >= 11 is 0. The van der Waals surface area contributed by atoms with E-state index < -0.39 is 0 Å². The molecule has 3 N–H and O–H groups in total. The number of hydrogen-bond acceptors (Lipinski definition) is 4. The van der Waals surface area contributed by atoms with E-state index in [-0.39, 0.29) is 0 Å². The standard InChI is InChI=1S/C10H17N5/c1-3-15(4-2-11-1)7-10-13-8-5-12-6-9(8)14-10/h11-12H,1-7H2,(H,13,14). The van der Waals surface area contributed by atoms with E-state index in [1.54, 1.807) is 0 Å². The van der Waals surface area contributed by atoms with Crippen molar-refractivity contribution in [2.24, 2.45) is 0 Å². The van der Waals surface area contributed by atoms with Crippen LogP contribution in [0.25, 0.3) is 0 Å². The lowest BCUT2D eigenvalue weighted by molar-refractivity contribution is 0.228. The van der Waals surface area contributed by atoms with Crippen LogP contribution in [0.5, 0.6) is 0 Å². The number of nitrogens with zero attached hydrogens (tertiary/aromatic N) is 2. The average Bonchev–Trinajstić information content (AvgIpc) is 2.79. The van der Waals surface area contributed by atoms with Gasteiger partial charge in [0, 0.05) is 39.3 Å². The highest BCUT2D eigenvalue weighted by Crippen LogP contribution is 2.13. The number of fused-ring (bicyclic) bond motifs is 1. The van der Waals surface area contributed by atoms with Gasteiger partial charge in [0.25, 0.3) is 0 Å². The number of hydrogen-bond donors (Lipinski definition) is 3. The summed E-state index contributed by atoms with van der Waals surface area (Å²) in [5, 5.41) is 6.64. The number of nitrogens with one attached hydrogen (secondary N) is 3. The van der Waals surface area contributed by atoms with Gasteiger partial charge in [0.05, 0.1) is 17.9 Å². The third kappa shape index (κ3) is 1.90. The largest absolute Gasteiger partial charge is 0.343 e. The van der Waals surface area contributed by atoms with Crippen LogP contribution in [0.2, 0.25) is 0 Å². The molecule has 0 bridgehead atoms. The van der Waals surface area contributed by atoms with E-state index in [1.807, 2.05) is 0 Å². The maximum atomic E-state index is 4.60. The fraction of sp³-hybridized carbons (Fsp3) is 0.700. The van der Waals surface area contributed by atoms with E-state index in [0.29, 0.717) is 0 Å². The third-order valence-corrected chi connectivity index (χ3v) is 3.09. The van der Waals surface area contributed by atoms with Crippen molar-refractivity contribution >= 4 is 0 Å². The summed E-state index contributed by atoms with van der Waals surface area (Å²) in [6.45, 7) is 7.29. The molecule has 0 aromatic carbocycles. The van der Waals surface area contributed by atoms with Gasteiger partial charge in [0.15, 0.2) is 0 Å². The molecule has 0 aliphatic carbocycles. The van der Waals surface area contributed by atoms with Gasteiger partial charge in [0.2, 0.25) is 0 Å². The minimum atomic E-state index is 0.924. The molecule has 1 saturated heterocycles. The molecule has 1 fully saturated rings. The lowest BCUT2D eigenvalue weighted by Crippen LogP contribution is -2.43. The van der Waals surface area contributed by atoms with Gasteiger partial charge in [-0.3, -0.25) is 4.90 Å². The predicted molar refractivity (Wildman–Crippen MR) is 57.3 cm³/mol. The maximum absolute atomic E-state index is 4.60. The number of H-pyrrole nitrogens is 1. The SMILES string of the molecule is C1CN(Cc2nc3c([nH]2)CNC3)CCN1. The van der Waals surface area contributed by atoms with E-state index in [9.17, 15) is 0 Å². The van der Waals surface area contributed by atoms with Gasteiger partial charge in [-0.25, -0.2) is 4.98 Å². The van der Waals surface area contributed by atoms with Crippen LogP contribution in [-0.4, -0.2) is 41.0 Å². The minimum Gasteiger partial charge on any atom is -0.343 e. The van der Waals surface area contributed by atoms with Crippen molar-refractivity contribution in [1.29, 1.82) is 0 Å². The second-order valence-electron chi connectivity index (χ2n) is 4.24. The maximum Gasteiger partial charge on any atom is 0.120 e. The van der Waals surface area contributed by atoms with E-state index in [0.717, 1.165) is 51.6 Å². The molecule has 0 atom stereocenters. The molecule has 0 saturated carbocycles. The summed E-state index contributed by atoms with van der Waals surface area (Å²) in [5.41, 5.74) is 2.49. The first-order valence-electron chi connectivity index (χ1n) is 5.62. The summed E-state index contributed by atoms with van der Waals surface area (Å²) in [4.78, 5) is 10.5. The highest BCUT2D eigenvalue weighted by Gasteiger charge is 2.17. The fourth-order valence-electron chi connectivity index (χ4n) is 2.26. The third-order valence-electron chi connectivity index (χ3n) is 3.09. The summed E-state index contributed by atoms with van der Waals surface area (Å²) in [6, 6.07) is 0. The van der Waals surface area contributed by atoms with Crippen molar-refractivity contribution in [3.63, 3.8) is 0 Å². The zero-order valence-corrected chi connectivity index (χ0v) is 8.84. The first-order chi connectivity index (χ1) is 7.42. The number of piperazine rings is 1. The van der Waals surface area contributed by atoms with E-state index in [4.69, 9.17) is 0 Å². The zero-order chi connectivity index (χ0) is 10.1. The Labute approximate surface area is 89.3 Å². The topological polar surface area (TPSA) is 56.0 Å². The van der Waals surface area contributed by atoms with Gasteiger partial charge < -0.3 is 15.6 Å². The Hall–Kier alpha value is -0.910. The second kappa shape index (κ2) is 3.92. The first-order valence-corrected chi connectivity index (χ1v) is 5.62. The number of imidazole rings is 1. The van der Waals surface area contributed by atoms with Crippen LogP contribution in [0.3, 0.4) is 0 Å². The number of aromatic amines is 1. The predicted octanol–water partition coefficient (Wildman–Crippen LogP) is -0.582. The fourth-order valence-corrected chi connectivity index (χ4v) is 2.26. The molecular weight excluding hydrogens is 190 g/mol. The monoisotopic (exact) mass is 207 g/mol. The molecule has 15 heavy (non-hydrogen) atoms. The normalized spacial score (nSPS) is 21.9. The van der Waals surface area contributed by atoms with Gasteiger partial charge in [-0.05, 0) is 0 Å². The Morgan fingerprint density at radius 2 is 2.00 bits per heavy atom. The first kappa shape index (κ1) is 9.33. The second-order valence-corrected chi connectivity index (χ2v) is 4.24. The molecule has 2 aliphatic heterocycles. The van der Waals surface area contributed by atoms with Crippen molar-refractivity contribution < 1.29 is 0 Å². The van der Waals surface area contributed by atoms with Crippen molar-refractivity contribution in [3.05, 3.63) is 17.2 Å². The summed E-state index contributed by atoms with van der Waals surface area (Å²) in [6.07, 6.45) is 0. The van der Waals surface area contributed by atoms with Crippen LogP contribution in [0, 0.1) is 0 Å². The van der Waals surface area contributed by atoms with Crippen LogP contribution in [0.1, 0.15) is 17.2 Å². The van der Waals surface area contributed by atoms with Crippen molar-refractivity contribution in [2.45, 2.75) is 19.6 Å². The Morgan fingerprint density at radius 3 is 2.80 bits per heavy atom. The van der Waals surface area contributed by atoms with Crippen LogP contribution >= 0.6 is 0 Å². The molecule has 2 aliphatic rings. The molecule has 5 heteroatoms. The van der Waals surface area contributed by atoms with Crippen LogP contribution in [0.4, 0.5) is 0 Å². The quantitative estimate of drug-likeness (QED) is 0.607. The Morgan fingerprint density at radius 1 is 1.13 bits per heavy atom. The highest BCUT2D eigenvalue weighted by atomic mass is 15.2. The number of aromatic nitrogens is 2. The van der Waals surface area contributed by atoms with Gasteiger partial charge >= 0.3 is 0 Å². The molecule has 0 spiro atoms. The zero-order valence-electron chi connectivity index (χ0n) is 8.84. The van der Waals surface area contributed by atoms with E-state index >= 15 is 0 Å². The summed E-state index contributed by atoms with van der Waals surface area (Å²) < 4.78 is 0. The molecule has 1 aromatic rings. The summed E-state index contributed by atoms with van der Waals surface area (Å²) in [7, 11) is 0. The van der Waals surface area contributed by atoms with Crippen molar-refractivity contribution in [1.82, 2.24) is 25.5 Å². The van der Waals surface area contributed by atoms with E-state index in [1.165, 1.54) is 11.4 Å². The Kier molecular flexibility index (Phi) is 2.44. The van der Waals surface area contributed by atoms with Gasteiger partial charge in [-0.2, -0.15) is 0 Å². The molecule has 3 heterocycles. The Bertz CT molecular complexity index is 318. The van der Waals surface area contributed by atoms with Crippen molar-refractivity contribution in [3.8, 4) is 0 Å². The molecule has 82 valence electrons. The Balaban J connectivity index is 1.66. The van der Waals surface area contributed by atoms with Crippen LogP contribution in [0.15, 0.2) is 0 Å². The molecule has 1 aromatic heterocycles. The molecule has 0 unspecified atom stereocenters. The average molecular weight is 207 g/mol. The molecule has 0 radical (unpaired) electrons. The molecule has 3 rings (SSSR count). The van der Waals surface area contributed by atoms with Crippen molar-refractivity contribution in [2.75, 3.05) is 26.2 Å². The van der Waals surface area contributed by atoms with Gasteiger partial charge in [-0.15, -0.1) is 0 Å². The van der Waals surface area contributed by atoms with Crippen LogP contribution < -0.4 is 10.6 Å². The van der Waals surface area contributed by atoms with Crippen LogP contribution in [-0.2, 0) is 19.6 Å². The van der Waals surface area contributed by atoms with E-state index in [2.05, 4.69) is 25.5 Å². The lowest BCUT2D eigenvalue weighted by atomic mass is 10.3. The number of rotatable bonds is 2. The molecular formula is C10H17N5. The minimum absolute atomic E-state index is 0.924. The smallest absolute Gasteiger partial charge is 0.120 e. The summed E-state index contributed by atoms with van der Waals surface area (Å²) in [5.74, 6) is 1.13. The highest BCUT2D eigenvalue weighted by molar-refractivity contribution is 5.18. The molecule has 0 amide bonds. The lowest BCUT2D eigenvalue weighted by Gasteiger charge is -2.26. The molecule has 5 nitrogen and oxygen atoms in total. The van der Waals surface area contributed by atoms with Gasteiger partial charge in [0.1, 0.15) is 5.82 Å².